The average Bonchev–Trinajstić information content (AvgIpc) is 2.49. The van der Waals surface area contributed by atoms with Crippen LogP contribution in [0.15, 0.2) is 0 Å². The van der Waals surface area contributed by atoms with Crippen molar-refractivity contribution in [1.29, 1.82) is 0 Å². The lowest BCUT2D eigenvalue weighted by atomic mass is 10.2. The average molecular weight is 213 g/mol. The highest BCUT2D eigenvalue weighted by Crippen LogP contribution is 2.14. The van der Waals surface area contributed by atoms with E-state index in [1.807, 2.05) is 13.8 Å². The summed E-state index contributed by atoms with van der Waals surface area (Å²) in [6, 6.07) is 0.0813. The predicted molar refractivity (Wildman–Crippen MR) is 61.5 cm³/mol. The van der Waals surface area contributed by atoms with Crippen molar-refractivity contribution in [2.24, 2.45) is 11.7 Å². The molecule has 0 aliphatic carbocycles. The minimum Gasteiger partial charge on any atom is -0.368 e. The van der Waals surface area contributed by atoms with Crippen molar-refractivity contribution in [2.45, 2.75) is 39.3 Å². The molecule has 1 amide bonds. The Morgan fingerprint density at radius 3 is 2.67 bits per heavy atom. The van der Waals surface area contributed by atoms with Crippen LogP contribution in [0.2, 0.25) is 0 Å². The second-order valence-corrected chi connectivity index (χ2v) is 4.93. The Morgan fingerprint density at radius 2 is 2.27 bits per heavy atom. The smallest absolute Gasteiger partial charge is 0.235 e. The first kappa shape index (κ1) is 12.5. The van der Waals surface area contributed by atoms with Crippen LogP contribution in [0.5, 0.6) is 0 Å². The summed E-state index contributed by atoms with van der Waals surface area (Å²) in [6.45, 7) is 9.23. The first-order valence-electron chi connectivity index (χ1n) is 5.76. The van der Waals surface area contributed by atoms with Gasteiger partial charge in [-0.15, -0.1) is 0 Å². The Bertz CT molecular complexity index is 218. The molecule has 0 aromatic carbocycles. The molecule has 1 aliphatic rings. The SMILES string of the molecule is CC1CCN(CC(NC(C)C)C(N)=O)C1. The Morgan fingerprint density at radius 1 is 1.60 bits per heavy atom. The summed E-state index contributed by atoms with van der Waals surface area (Å²) in [6.07, 6.45) is 1.23. The number of nitrogens with zero attached hydrogens (tertiary/aromatic N) is 1. The molecular formula is C11H23N3O. The van der Waals surface area contributed by atoms with Crippen LogP contribution in [0, 0.1) is 5.92 Å². The van der Waals surface area contributed by atoms with Crippen molar-refractivity contribution >= 4 is 5.91 Å². The van der Waals surface area contributed by atoms with Gasteiger partial charge in [0.2, 0.25) is 5.91 Å². The van der Waals surface area contributed by atoms with Gasteiger partial charge in [-0.05, 0) is 18.9 Å². The number of rotatable bonds is 5. The summed E-state index contributed by atoms with van der Waals surface area (Å²) < 4.78 is 0. The minimum absolute atomic E-state index is 0.213. The highest BCUT2D eigenvalue weighted by atomic mass is 16.1. The normalized spacial score (nSPS) is 24.7. The highest BCUT2D eigenvalue weighted by Gasteiger charge is 2.24. The van der Waals surface area contributed by atoms with Gasteiger partial charge in [0.25, 0.3) is 0 Å². The van der Waals surface area contributed by atoms with E-state index < -0.39 is 0 Å². The zero-order valence-corrected chi connectivity index (χ0v) is 9.99. The maximum atomic E-state index is 11.2. The molecule has 0 radical (unpaired) electrons. The number of carbonyl (C=O) groups is 1. The molecule has 1 saturated heterocycles. The number of primary amides is 1. The van der Waals surface area contributed by atoms with Crippen LogP contribution < -0.4 is 11.1 Å². The number of hydrogen-bond acceptors (Lipinski definition) is 3. The van der Waals surface area contributed by atoms with Gasteiger partial charge in [0, 0.05) is 19.1 Å². The van der Waals surface area contributed by atoms with E-state index >= 15 is 0 Å². The summed E-state index contributed by atoms with van der Waals surface area (Å²) in [4.78, 5) is 13.6. The van der Waals surface area contributed by atoms with Gasteiger partial charge in [-0.2, -0.15) is 0 Å². The molecule has 1 heterocycles. The van der Waals surface area contributed by atoms with Crippen molar-refractivity contribution in [3.8, 4) is 0 Å². The Kier molecular flexibility index (Phi) is 4.54. The molecule has 1 fully saturated rings. The molecule has 0 aromatic rings. The lowest BCUT2D eigenvalue weighted by Gasteiger charge is -2.24. The van der Waals surface area contributed by atoms with E-state index in [-0.39, 0.29) is 11.9 Å². The minimum atomic E-state index is -0.247. The number of likely N-dealkylation sites (tertiary alicyclic amines) is 1. The van der Waals surface area contributed by atoms with Crippen LogP contribution in [0.4, 0.5) is 0 Å². The summed E-state index contributed by atoms with van der Waals surface area (Å²) in [5.74, 6) is 0.501. The van der Waals surface area contributed by atoms with E-state index in [0.29, 0.717) is 6.04 Å². The molecule has 0 bridgehead atoms. The topological polar surface area (TPSA) is 58.4 Å². The second-order valence-electron chi connectivity index (χ2n) is 4.93. The van der Waals surface area contributed by atoms with Crippen LogP contribution in [0.3, 0.4) is 0 Å². The lowest BCUT2D eigenvalue weighted by molar-refractivity contribution is -0.120. The summed E-state index contributed by atoms with van der Waals surface area (Å²) in [5.41, 5.74) is 5.37. The van der Waals surface area contributed by atoms with E-state index in [1.54, 1.807) is 0 Å². The molecule has 0 spiro atoms. The van der Waals surface area contributed by atoms with Crippen LogP contribution in [0.25, 0.3) is 0 Å². The maximum absolute atomic E-state index is 11.2. The molecule has 1 rings (SSSR count). The van der Waals surface area contributed by atoms with E-state index in [9.17, 15) is 4.79 Å². The third kappa shape index (κ3) is 4.18. The third-order valence-corrected chi connectivity index (χ3v) is 2.83. The Balaban J connectivity index is 2.40. The van der Waals surface area contributed by atoms with Gasteiger partial charge in [0.1, 0.15) is 0 Å². The van der Waals surface area contributed by atoms with E-state index in [4.69, 9.17) is 5.73 Å². The van der Waals surface area contributed by atoms with Gasteiger partial charge >= 0.3 is 0 Å². The van der Waals surface area contributed by atoms with Gasteiger partial charge < -0.3 is 16.0 Å². The van der Waals surface area contributed by atoms with E-state index in [2.05, 4.69) is 17.1 Å². The number of nitrogens with one attached hydrogen (secondary N) is 1. The van der Waals surface area contributed by atoms with Gasteiger partial charge in [0.05, 0.1) is 6.04 Å². The standard InChI is InChI=1S/C11H23N3O/c1-8(2)13-10(11(12)15)7-14-5-4-9(3)6-14/h8-10,13H,4-7H2,1-3H3,(H2,12,15). The predicted octanol–water partition coefficient (Wildman–Crippen LogP) is 0.180. The number of hydrogen-bond donors (Lipinski definition) is 2. The zero-order valence-electron chi connectivity index (χ0n) is 9.99. The molecule has 1 aliphatic heterocycles. The van der Waals surface area contributed by atoms with Crippen LogP contribution in [-0.2, 0) is 4.79 Å². The van der Waals surface area contributed by atoms with Gasteiger partial charge in [-0.1, -0.05) is 20.8 Å². The van der Waals surface area contributed by atoms with Crippen LogP contribution in [-0.4, -0.2) is 42.5 Å². The first-order chi connectivity index (χ1) is 6.99. The second kappa shape index (κ2) is 5.47. The maximum Gasteiger partial charge on any atom is 0.235 e. The van der Waals surface area contributed by atoms with Crippen molar-refractivity contribution in [1.82, 2.24) is 10.2 Å². The van der Waals surface area contributed by atoms with Crippen molar-refractivity contribution < 1.29 is 4.79 Å². The fourth-order valence-electron chi connectivity index (χ4n) is 2.08. The molecule has 88 valence electrons. The molecule has 3 N–H and O–H groups in total. The molecule has 2 atom stereocenters. The molecule has 2 unspecified atom stereocenters. The Hall–Kier alpha value is -0.610. The molecular weight excluding hydrogens is 190 g/mol. The number of carbonyl (C=O) groups excluding carboxylic acids is 1. The monoisotopic (exact) mass is 213 g/mol. The largest absolute Gasteiger partial charge is 0.368 e. The Labute approximate surface area is 92.2 Å². The van der Waals surface area contributed by atoms with Crippen LogP contribution >= 0.6 is 0 Å². The number of amides is 1. The molecule has 4 nitrogen and oxygen atoms in total. The highest BCUT2D eigenvalue weighted by molar-refractivity contribution is 5.80. The molecule has 15 heavy (non-hydrogen) atoms. The molecule has 0 aromatic heterocycles. The summed E-state index contributed by atoms with van der Waals surface area (Å²) in [5, 5.41) is 3.20. The van der Waals surface area contributed by atoms with Crippen molar-refractivity contribution in [3.05, 3.63) is 0 Å². The fourth-order valence-corrected chi connectivity index (χ4v) is 2.08. The van der Waals surface area contributed by atoms with E-state index in [0.717, 1.165) is 25.6 Å². The van der Waals surface area contributed by atoms with Gasteiger partial charge in [-0.25, -0.2) is 0 Å². The van der Waals surface area contributed by atoms with Gasteiger partial charge in [-0.3, -0.25) is 4.79 Å². The number of nitrogens with two attached hydrogens (primary N) is 1. The van der Waals surface area contributed by atoms with E-state index in [1.165, 1.54) is 6.42 Å². The molecule has 4 heteroatoms. The quantitative estimate of drug-likeness (QED) is 0.685. The summed E-state index contributed by atoms with van der Waals surface area (Å²) >= 11 is 0. The van der Waals surface area contributed by atoms with Crippen LogP contribution in [0.1, 0.15) is 27.2 Å². The summed E-state index contributed by atoms with van der Waals surface area (Å²) in [7, 11) is 0. The third-order valence-electron chi connectivity index (χ3n) is 2.83. The lowest BCUT2D eigenvalue weighted by Crippen LogP contribution is -2.50. The van der Waals surface area contributed by atoms with Crippen molar-refractivity contribution in [2.75, 3.05) is 19.6 Å². The van der Waals surface area contributed by atoms with Crippen molar-refractivity contribution in [3.63, 3.8) is 0 Å². The fraction of sp³-hybridized carbons (Fsp3) is 0.909. The first-order valence-corrected chi connectivity index (χ1v) is 5.76. The zero-order chi connectivity index (χ0) is 11.4. The van der Waals surface area contributed by atoms with Gasteiger partial charge in [0.15, 0.2) is 0 Å². The molecule has 0 saturated carbocycles.